The standard InChI is InChI=1S/C26H23N5O2S2/c1-18-9-10-23-28-21(8-5-12-29-13-11-27-17-29)20(24(32)30(23)15-18)14-22-25(33)31(26(34)35-22)16-19-6-3-2-4-7-19/h2-4,6-7,9-11,13-15,17H,5,8,12,16H2,1H3. The minimum Gasteiger partial charge on any atom is -0.337 e. The lowest BCUT2D eigenvalue weighted by molar-refractivity contribution is -0.122. The lowest BCUT2D eigenvalue weighted by Crippen LogP contribution is -2.27. The zero-order chi connectivity index (χ0) is 24.4. The van der Waals surface area contributed by atoms with E-state index in [1.54, 1.807) is 34.1 Å². The van der Waals surface area contributed by atoms with Crippen LogP contribution in [-0.4, -0.2) is 34.1 Å². The number of nitrogens with zero attached hydrogens (tertiary/aromatic N) is 5. The molecule has 0 N–H and O–H groups in total. The van der Waals surface area contributed by atoms with Crippen LogP contribution in [0.2, 0.25) is 0 Å². The summed E-state index contributed by atoms with van der Waals surface area (Å²) in [6.07, 6.45) is 10.2. The molecule has 1 amide bonds. The van der Waals surface area contributed by atoms with Gasteiger partial charge in [0.25, 0.3) is 11.5 Å². The Labute approximate surface area is 212 Å². The van der Waals surface area contributed by atoms with Gasteiger partial charge in [-0.15, -0.1) is 0 Å². The Hall–Kier alpha value is -3.56. The second-order valence-corrected chi connectivity index (χ2v) is 10.0. The van der Waals surface area contributed by atoms with Crippen molar-refractivity contribution < 1.29 is 4.79 Å². The minimum atomic E-state index is -0.193. The molecule has 1 fully saturated rings. The van der Waals surface area contributed by atoms with Gasteiger partial charge in [0, 0.05) is 25.1 Å². The third-order valence-corrected chi connectivity index (χ3v) is 7.18. The smallest absolute Gasteiger partial charge is 0.266 e. The van der Waals surface area contributed by atoms with Gasteiger partial charge in [0.15, 0.2) is 0 Å². The molecule has 35 heavy (non-hydrogen) atoms. The summed E-state index contributed by atoms with van der Waals surface area (Å²) in [6.45, 7) is 3.08. The lowest BCUT2D eigenvalue weighted by Gasteiger charge is -2.14. The molecule has 1 aliphatic heterocycles. The summed E-state index contributed by atoms with van der Waals surface area (Å²) in [5, 5.41) is 0. The van der Waals surface area contributed by atoms with E-state index in [-0.39, 0.29) is 11.5 Å². The van der Waals surface area contributed by atoms with Crippen molar-refractivity contribution in [1.29, 1.82) is 0 Å². The molecule has 1 aromatic carbocycles. The van der Waals surface area contributed by atoms with E-state index in [1.807, 2.05) is 60.2 Å². The molecule has 0 radical (unpaired) electrons. The second kappa shape index (κ2) is 9.97. The van der Waals surface area contributed by atoms with E-state index < -0.39 is 0 Å². The Morgan fingerprint density at radius 1 is 1.11 bits per heavy atom. The maximum Gasteiger partial charge on any atom is 0.266 e. The highest BCUT2D eigenvalue weighted by atomic mass is 32.2. The number of benzene rings is 1. The Morgan fingerprint density at radius 2 is 1.94 bits per heavy atom. The first-order valence-corrected chi connectivity index (χ1v) is 12.5. The number of aromatic nitrogens is 4. The Balaban J connectivity index is 1.50. The van der Waals surface area contributed by atoms with Crippen LogP contribution < -0.4 is 5.56 Å². The predicted octanol–water partition coefficient (Wildman–Crippen LogP) is 4.23. The maximum atomic E-state index is 13.5. The quantitative estimate of drug-likeness (QED) is 0.279. The van der Waals surface area contributed by atoms with Crippen molar-refractivity contribution in [2.75, 3.05) is 0 Å². The first-order chi connectivity index (χ1) is 17.0. The van der Waals surface area contributed by atoms with Crippen LogP contribution in [0.5, 0.6) is 0 Å². The van der Waals surface area contributed by atoms with Crippen LogP contribution in [0.3, 0.4) is 0 Å². The number of pyridine rings is 1. The predicted molar refractivity (Wildman–Crippen MR) is 142 cm³/mol. The summed E-state index contributed by atoms with van der Waals surface area (Å²) < 4.78 is 4.02. The highest BCUT2D eigenvalue weighted by Gasteiger charge is 2.32. The molecule has 0 spiro atoms. The number of aryl methyl sites for hydroxylation is 3. The molecular formula is C26H23N5O2S2. The molecule has 3 aromatic heterocycles. The van der Waals surface area contributed by atoms with E-state index in [0.29, 0.717) is 39.1 Å². The topological polar surface area (TPSA) is 72.5 Å². The first-order valence-electron chi connectivity index (χ1n) is 11.3. The van der Waals surface area contributed by atoms with Crippen molar-refractivity contribution in [2.24, 2.45) is 0 Å². The third kappa shape index (κ3) is 4.96. The number of imidazole rings is 1. The number of thiocarbonyl (C=S) groups is 1. The fourth-order valence-electron chi connectivity index (χ4n) is 4.02. The van der Waals surface area contributed by atoms with Gasteiger partial charge in [-0.1, -0.05) is 60.4 Å². The van der Waals surface area contributed by atoms with Gasteiger partial charge in [0.1, 0.15) is 9.97 Å². The van der Waals surface area contributed by atoms with Gasteiger partial charge in [-0.3, -0.25) is 18.9 Å². The Morgan fingerprint density at radius 3 is 2.71 bits per heavy atom. The average Bonchev–Trinajstić information content (AvgIpc) is 3.46. The number of hydrogen-bond donors (Lipinski definition) is 0. The van der Waals surface area contributed by atoms with Crippen LogP contribution in [0.15, 0.2) is 77.1 Å². The maximum absolute atomic E-state index is 13.5. The molecule has 0 atom stereocenters. The van der Waals surface area contributed by atoms with E-state index in [1.165, 1.54) is 11.8 Å². The molecule has 4 heterocycles. The van der Waals surface area contributed by atoms with Crippen molar-refractivity contribution in [2.45, 2.75) is 32.9 Å². The number of hydrogen-bond acceptors (Lipinski definition) is 6. The number of carbonyl (C=O) groups excluding carboxylic acids is 1. The summed E-state index contributed by atoms with van der Waals surface area (Å²) in [5.74, 6) is -0.193. The van der Waals surface area contributed by atoms with Crippen molar-refractivity contribution in [3.05, 3.63) is 105 Å². The first kappa shape index (κ1) is 23.2. The van der Waals surface area contributed by atoms with Gasteiger partial charge < -0.3 is 4.57 Å². The SMILES string of the molecule is Cc1ccc2nc(CCCn3ccnc3)c(C=C3SC(=S)N(Cc4ccccc4)C3=O)c(=O)n2c1. The molecule has 7 nitrogen and oxygen atoms in total. The molecule has 0 saturated carbocycles. The number of fused-ring (bicyclic) bond motifs is 1. The Bertz CT molecular complexity index is 1490. The van der Waals surface area contributed by atoms with E-state index in [9.17, 15) is 9.59 Å². The largest absolute Gasteiger partial charge is 0.337 e. The minimum absolute atomic E-state index is 0.190. The summed E-state index contributed by atoms with van der Waals surface area (Å²) >= 11 is 6.73. The van der Waals surface area contributed by atoms with Crippen LogP contribution in [0.1, 0.15) is 28.8 Å². The molecular weight excluding hydrogens is 478 g/mol. The molecule has 176 valence electrons. The summed E-state index contributed by atoms with van der Waals surface area (Å²) in [4.78, 5) is 37.7. The van der Waals surface area contributed by atoms with Crippen molar-refractivity contribution in [3.8, 4) is 0 Å². The van der Waals surface area contributed by atoms with Gasteiger partial charge in [-0.05, 0) is 43.0 Å². The zero-order valence-electron chi connectivity index (χ0n) is 19.1. The van der Waals surface area contributed by atoms with E-state index in [4.69, 9.17) is 17.2 Å². The van der Waals surface area contributed by atoms with Gasteiger partial charge in [-0.25, -0.2) is 9.97 Å². The van der Waals surface area contributed by atoms with Gasteiger partial charge in [-0.2, -0.15) is 0 Å². The molecule has 1 saturated heterocycles. The summed E-state index contributed by atoms with van der Waals surface area (Å²) in [7, 11) is 0. The molecule has 1 aliphatic rings. The highest BCUT2D eigenvalue weighted by Crippen LogP contribution is 2.33. The fourth-order valence-corrected chi connectivity index (χ4v) is 5.26. The third-order valence-electron chi connectivity index (χ3n) is 5.81. The number of thioether (sulfide) groups is 1. The average molecular weight is 502 g/mol. The van der Waals surface area contributed by atoms with Gasteiger partial charge >= 0.3 is 0 Å². The fraction of sp³-hybridized carbons (Fsp3) is 0.192. The van der Waals surface area contributed by atoms with E-state index >= 15 is 0 Å². The van der Waals surface area contributed by atoms with Crippen molar-refractivity contribution >= 4 is 45.9 Å². The normalized spacial score (nSPS) is 15.0. The monoisotopic (exact) mass is 501 g/mol. The van der Waals surface area contributed by atoms with Crippen LogP contribution >= 0.6 is 24.0 Å². The van der Waals surface area contributed by atoms with Gasteiger partial charge in [0.2, 0.25) is 0 Å². The number of carbonyl (C=O) groups is 1. The summed E-state index contributed by atoms with van der Waals surface area (Å²) in [6, 6.07) is 13.5. The van der Waals surface area contributed by atoms with Crippen molar-refractivity contribution in [1.82, 2.24) is 23.8 Å². The molecule has 4 aromatic rings. The second-order valence-electron chi connectivity index (χ2n) is 8.37. The molecule has 9 heteroatoms. The van der Waals surface area contributed by atoms with Crippen LogP contribution in [0, 0.1) is 6.92 Å². The van der Waals surface area contributed by atoms with Crippen LogP contribution in [0.25, 0.3) is 11.7 Å². The van der Waals surface area contributed by atoms with E-state index in [0.717, 1.165) is 24.1 Å². The highest BCUT2D eigenvalue weighted by molar-refractivity contribution is 8.26. The van der Waals surface area contributed by atoms with Crippen LogP contribution in [-0.2, 0) is 24.3 Å². The molecule has 0 bridgehead atoms. The van der Waals surface area contributed by atoms with Crippen LogP contribution in [0.4, 0.5) is 0 Å². The molecule has 5 rings (SSSR count). The zero-order valence-corrected chi connectivity index (χ0v) is 20.8. The van der Waals surface area contributed by atoms with E-state index in [2.05, 4.69) is 4.98 Å². The molecule has 0 aliphatic carbocycles. The number of rotatable bonds is 7. The Kier molecular flexibility index (Phi) is 6.61. The lowest BCUT2D eigenvalue weighted by atomic mass is 10.1. The number of amides is 1. The van der Waals surface area contributed by atoms with Crippen molar-refractivity contribution in [3.63, 3.8) is 0 Å². The molecule has 0 unspecified atom stereocenters. The van der Waals surface area contributed by atoms with Gasteiger partial charge in [0.05, 0.1) is 29.0 Å². The summed E-state index contributed by atoms with van der Waals surface area (Å²) in [5.41, 5.74) is 3.45.